The van der Waals surface area contributed by atoms with Gasteiger partial charge >= 0.3 is 6.01 Å². The zero-order valence-electron chi connectivity index (χ0n) is 16.1. The topological polar surface area (TPSA) is 44.7 Å². The Labute approximate surface area is 147 Å². The maximum atomic E-state index is 6.09. The number of rotatable bonds is 11. The molecule has 0 aromatic carbocycles. The van der Waals surface area contributed by atoms with Crippen molar-refractivity contribution in [3.63, 3.8) is 0 Å². The Balaban J connectivity index is 2.74. The molecule has 1 heterocycles. The largest absolute Gasteiger partial charge is 0.459 e. The first-order valence-electron chi connectivity index (χ1n) is 8.45. The summed E-state index contributed by atoms with van der Waals surface area (Å²) < 4.78 is 6.09. The number of likely N-dealkylation sites (N-methyl/N-ethyl adjacent to an activating group) is 2. The van der Waals surface area contributed by atoms with Crippen LogP contribution < -0.4 is 9.64 Å². The second kappa shape index (κ2) is 10.3. The lowest BCUT2D eigenvalue weighted by atomic mass is 10.2. The van der Waals surface area contributed by atoms with Gasteiger partial charge in [0.25, 0.3) is 0 Å². The molecular weight excluding hydrogens is 302 g/mol. The minimum atomic E-state index is 0.0490. The van der Waals surface area contributed by atoms with Gasteiger partial charge in [-0.05, 0) is 40.9 Å². The number of ether oxygens (including phenoxy) is 1. The number of aromatic nitrogens is 2. The summed E-state index contributed by atoms with van der Waals surface area (Å²) in [7, 11) is 10.2. The smallest absolute Gasteiger partial charge is 0.318 e. The van der Waals surface area contributed by atoms with Gasteiger partial charge in [0.2, 0.25) is 0 Å². The summed E-state index contributed by atoms with van der Waals surface area (Å²) in [6, 6.07) is 0.444. The monoisotopic (exact) mass is 335 g/mol. The molecule has 24 heavy (non-hydrogen) atoms. The molecule has 6 heteroatoms. The molecule has 0 bridgehead atoms. The predicted molar refractivity (Wildman–Crippen MR) is 101 cm³/mol. The minimum absolute atomic E-state index is 0.0490. The molecular formula is C18H33N5O. The first-order chi connectivity index (χ1) is 11.3. The van der Waals surface area contributed by atoms with Gasteiger partial charge in [-0.25, -0.2) is 4.98 Å². The van der Waals surface area contributed by atoms with Gasteiger partial charge in [0, 0.05) is 45.5 Å². The molecule has 0 N–H and O–H groups in total. The molecule has 0 saturated carbocycles. The Morgan fingerprint density at radius 2 is 1.92 bits per heavy atom. The van der Waals surface area contributed by atoms with Crippen molar-refractivity contribution in [2.45, 2.75) is 25.9 Å². The van der Waals surface area contributed by atoms with E-state index in [1.165, 1.54) is 0 Å². The number of aryl methyl sites for hydroxylation is 1. The van der Waals surface area contributed by atoms with Crippen molar-refractivity contribution in [2.24, 2.45) is 0 Å². The standard InChI is InChI=1S/C18H33N5O/c1-8-9-10-16(14-23(7)12-11-21(3)4)24-18-19-13-15(2)17(20-18)22(5)6/h8,13,16H,1,9-12,14H2,2-7H3/t16-/m0/s1. The Morgan fingerprint density at radius 3 is 2.50 bits per heavy atom. The molecule has 0 aliphatic heterocycles. The summed E-state index contributed by atoms with van der Waals surface area (Å²) in [5.41, 5.74) is 1.04. The molecule has 0 fully saturated rings. The van der Waals surface area contributed by atoms with Crippen LogP contribution in [0.4, 0.5) is 5.82 Å². The SMILES string of the molecule is C=CCC[C@@H](CN(C)CCN(C)C)Oc1ncc(C)c(N(C)C)n1. The van der Waals surface area contributed by atoms with Crippen LogP contribution in [0.1, 0.15) is 18.4 Å². The minimum Gasteiger partial charge on any atom is -0.459 e. The van der Waals surface area contributed by atoms with Crippen LogP contribution >= 0.6 is 0 Å². The van der Waals surface area contributed by atoms with Gasteiger partial charge in [0.1, 0.15) is 11.9 Å². The lowest BCUT2D eigenvalue weighted by Crippen LogP contribution is -2.37. The quantitative estimate of drug-likeness (QED) is 0.577. The second-order valence-electron chi connectivity index (χ2n) is 6.73. The van der Waals surface area contributed by atoms with E-state index >= 15 is 0 Å². The molecule has 1 aromatic rings. The predicted octanol–water partition coefficient (Wildman–Crippen LogP) is 2.06. The summed E-state index contributed by atoms with van der Waals surface area (Å²) in [4.78, 5) is 15.3. The highest BCUT2D eigenvalue weighted by Gasteiger charge is 2.16. The number of nitrogens with zero attached hydrogens (tertiary/aromatic N) is 5. The van der Waals surface area contributed by atoms with E-state index in [1.807, 2.05) is 38.2 Å². The van der Waals surface area contributed by atoms with Crippen LogP contribution in [0.5, 0.6) is 6.01 Å². The maximum Gasteiger partial charge on any atom is 0.318 e. The highest BCUT2D eigenvalue weighted by molar-refractivity contribution is 5.44. The number of allylic oxidation sites excluding steroid dienone is 1. The highest BCUT2D eigenvalue weighted by atomic mass is 16.5. The summed E-state index contributed by atoms with van der Waals surface area (Å²) in [6.07, 6.45) is 5.62. The molecule has 0 unspecified atom stereocenters. The molecule has 0 aliphatic rings. The third-order valence-electron chi connectivity index (χ3n) is 3.76. The zero-order chi connectivity index (χ0) is 18.1. The van der Waals surface area contributed by atoms with Crippen molar-refractivity contribution >= 4 is 5.82 Å². The van der Waals surface area contributed by atoms with Gasteiger partial charge < -0.3 is 19.4 Å². The van der Waals surface area contributed by atoms with Crippen molar-refractivity contribution in [3.8, 4) is 6.01 Å². The fourth-order valence-corrected chi connectivity index (χ4v) is 2.38. The molecule has 0 radical (unpaired) electrons. The molecule has 136 valence electrons. The third-order valence-corrected chi connectivity index (χ3v) is 3.76. The molecule has 0 spiro atoms. The zero-order valence-corrected chi connectivity index (χ0v) is 16.1. The van der Waals surface area contributed by atoms with Gasteiger partial charge in [-0.3, -0.25) is 0 Å². The van der Waals surface area contributed by atoms with Crippen LogP contribution in [0.2, 0.25) is 0 Å². The maximum absolute atomic E-state index is 6.09. The second-order valence-corrected chi connectivity index (χ2v) is 6.73. The van der Waals surface area contributed by atoms with E-state index < -0.39 is 0 Å². The van der Waals surface area contributed by atoms with E-state index in [-0.39, 0.29) is 6.10 Å². The van der Waals surface area contributed by atoms with E-state index in [0.29, 0.717) is 6.01 Å². The number of hydrogen-bond acceptors (Lipinski definition) is 6. The normalized spacial score (nSPS) is 12.5. The molecule has 0 amide bonds. The van der Waals surface area contributed by atoms with E-state index in [4.69, 9.17) is 4.74 Å². The van der Waals surface area contributed by atoms with E-state index in [9.17, 15) is 0 Å². The molecule has 1 rings (SSSR count). The first kappa shape index (κ1) is 20.4. The van der Waals surface area contributed by atoms with Crippen molar-refractivity contribution in [1.29, 1.82) is 0 Å². The van der Waals surface area contributed by atoms with Crippen LogP contribution in [-0.2, 0) is 0 Å². The van der Waals surface area contributed by atoms with Crippen molar-refractivity contribution in [1.82, 2.24) is 19.8 Å². The molecule has 6 nitrogen and oxygen atoms in total. The highest BCUT2D eigenvalue weighted by Crippen LogP contribution is 2.18. The van der Waals surface area contributed by atoms with Crippen molar-refractivity contribution < 1.29 is 4.74 Å². The Bertz CT molecular complexity index is 504. The van der Waals surface area contributed by atoms with Gasteiger partial charge in [-0.15, -0.1) is 6.58 Å². The van der Waals surface area contributed by atoms with Crippen molar-refractivity contribution in [3.05, 3.63) is 24.4 Å². The van der Waals surface area contributed by atoms with E-state index in [2.05, 4.69) is 47.5 Å². The van der Waals surface area contributed by atoms with Gasteiger partial charge in [0.15, 0.2) is 0 Å². The van der Waals surface area contributed by atoms with E-state index in [1.54, 1.807) is 0 Å². The van der Waals surface area contributed by atoms with Gasteiger partial charge in [-0.1, -0.05) is 6.08 Å². The Hall–Kier alpha value is -1.66. The molecule has 1 aromatic heterocycles. The van der Waals surface area contributed by atoms with Crippen LogP contribution in [0, 0.1) is 6.92 Å². The third kappa shape index (κ3) is 7.27. The Kier molecular flexibility index (Phi) is 8.71. The van der Waals surface area contributed by atoms with Gasteiger partial charge in [-0.2, -0.15) is 4.98 Å². The number of hydrogen-bond donors (Lipinski definition) is 0. The average Bonchev–Trinajstić information content (AvgIpc) is 2.52. The fraction of sp³-hybridized carbons (Fsp3) is 0.667. The summed E-state index contributed by atoms with van der Waals surface area (Å²) in [6.45, 7) is 8.68. The molecule has 1 atom stereocenters. The van der Waals surface area contributed by atoms with Crippen LogP contribution in [0.25, 0.3) is 0 Å². The van der Waals surface area contributed by atoms with Crippen molar-refractivity contribution in [2.75, 3.05) is 59.8 Å². The molecule has 0 aliphatic carbocycles. The summed E-state index contributed by atoms with van der Waals surface area (Å²) in [5.74, 6) is 0.892. The lowest BCUT2D eigenvalue weighted by Gasteiger charge is -2.25. The summed E-state index contributed by atoms with van der Waals surface area (Å²) in [5, 5.41) is 0. The van der Waals surface area contributed by atoms with Gasteiger partial charge in [0.05, 0.1) is 0 Å². The van der Waals surface area contributed by atoms with Crippen LogP contribution in [0.3, 0.4) is 0 Å². The number of anilines is 1. The first-order valence-corrected chi connectivity index (χ1v) is 8.45. The lowest BCUT2D eigenvalue weighted by molar-refractivity contribution is 0.125. The molecule has 0 saturated heterocycles. The van der Waals surface area contributed by atoms with Crippen LogP contribution in [0.15, 0.2) is 18.9 Å². The van der Waals surface area contributed by atoms with E-state index in [0.717, 1.165) is 43.9 Å². The summed E-state index contributed by atoms with van der Waals surface area (Å²) >= 11 is 0. The fourth-order valence-electron chi connectivity index (χ4n) is 2.38. The average molecular weight is 335 g/mol. The Morgan fingerprint density at radius 1 is 1.21 bits per heavy atom. The van der Waals surface area contributed by atoms with Crippen LogP contribution in [-0.4, -0.2) is 80.7 Å².